The number of hydrogen-bond donors (Lipinski definition) is 0. The Morgan fingerprint density at radius 1 is 1.25 bits per heavy atom. The predicted octanol–water partition coefficient (Wildman–Crippen LogP) is 2.57. The van der Waals surface area contributed by atoms with Crippen molar-refractivity contribution in [2.75, 3.05) is 6.61 Å². The maximum atomic E-state index is 5.27. The number of rotatable bonds is 4. The summed E-state index contributed by atoms with van der Waals surface area (Å²) in [7, 11) is 0. The fraction of sp³-hybridized carbons (Fsp3) is 0.182. The maximum absolute atomic E-state index is 5.27. The van der Waals surface area contributed by atoms with Crippen LogP contribution >= 0.6 is 0 Å². The van der Waals surface area contributed by atoms with Gasteiger partial charge in [0.2, 0.25) is 0 Å². The number of hydrogen-bond acceptors (Lipinski definition) is 1. The van der Waals surface area contributed by atoms with E-state index in [1.807, 2.05) is 24.3 Å². The van der Waals surface area contributed by atoms with E-state index in [1.165, 1.54) is 5.56 Å². The summed E-state index contributed by atoms with van der Waals surface area (Å²) < 4.78 is 5.27. The second kappa shape index (κ2) is 4.73. The molecule has 0 unspecified atom stereocenters. The molecule has 0 N–H and O–H groups in total. The molecule has 0 fully saturated rings. The Labute approximate surface area is 73.7 Å². The summed E-state index contributed by atoms with van der Waals surface area (Å²) in [5.41, 5.74) is 2.20. The minimum absolute atomic E-state index is 0.603. The zero-order valence-corrected chi connectivity index (χ0v) is 7.12. The molecular weight excluding hydrogens is 148 g/mol. The lowest BCUT2D eigenvalue weighted by atomic mass is 10.2. The first-order valence-corrected chi connectivity index (χ1v) is 3.92. The molecule has 1 aromatic rings. The van der Waals surface area contributed by atoms with Gasteiger partial charge in [0.25, 0.3) is 0 Å². The third-order valence-electron chi connectivity index (χ3n) is 1.53. The highest BCUT2D eigenvalue weighted by molar-refractivity contribution is 5.23. The van der Waals surface area contributed by atoms with Crippen molar-refractivity contribution in [2.45, 2.75) is 6.61 Å². The quantitative estimate of drug-likeness (QED) is 0.487. The van der Waals surface area contributed by atoms with Gasteiger partial charge in [0, 0.05) is 0 Å². The van der Waals surface area contributed by atoms with Crippen LogP contribution in [0.4, 0.5) is 0 Å². The van der Waals surface area contributed by atoms with Gasteiger partial charge < -0.3 is 4.74 Å². The molecule has 0 aliphatic heterocycles. The van der Waals surface area contributed by atoms with E-state index in [0.29, 0.717) is 13.2 Å². The van der Waals surface area contributed by atoms with Gasteiger partial charge in [0.1, 0.15) is 0 Å². The van der Waals surface area contributed by atoms with Crippen molar-refractivity contribution in [1.82, 2.24) is 0 Å². The molecule has 0 spiro atoms. The summed E-state index contributed by atoms with van der Waals surface area (Å²) in [6, 6.07) is 8.00. The molecule has 0 heterocycles. The summed E-state index contributed by atoms with van der Waals surface area (Å²) in [6.45, 7) is 8.62. The van der Waals surface area contributed by atoms with Crippen molar-refractivity contribution < 1.29 is 4.74 Å². The standard InChI is InChI=1S/C11H13O/c1-3-8-12-9-11-6-4-10(2)5-7-11/h3-7H,1-2,8-9H2. The van der Waals surface area contributed by atoms with Gasteiger partial charge in [0.05, 0.1) is 13.2 Å². The van der Waals surface area contributed by atoms with Crippen LogP contribution in [0, 0.1) is 6.92 Å². The summed E-state index contributed by atoms with van der Waals surface area (Å²) in [5, 5.41) is 0. The Morgan fingerprint density at radius 2 is 1.92 bits per heavy atom. The minimum Gasteiger partial charge on any atom is -0.373 e. The van der Waals surface area contributed by atoms with Crippen molar-refractivity contribution in [3.05, 3.63) is 55.0 Å². The van der Waals surface area contributed by atoms with Crippen molar-refractivity contribution in [1.29, 1.82) is 0 Å². The van der Waals surface area contributed by atoms with Crippen LogP contribution in [0.5, 0.6) is 0 Å². The molecule has 0 saturated heterocycles. The van der Waals surface area contributed by atoms with E-state index < -0.39 is 0 Å². The Hall–Kier alpha value is -1.08. The van der Waals surface area contributed by atoms with Gasteiger partial charge in [-0.3, -0.25) is 0 Å². The van der Waals surface area contributed by atoms with Gasteiger partial charge in [-0.15, -0.1) is 6.58 Å². The third kappa shape index (κ3) is 2.89. The molecular formula is C11H13O. The number of benzene rings is 1. The molecule has 0 amide bonds. The van der Waals surface area contributed by atoms with Crippen LogP contribution in [0.15, 0.2) is 36.9 Å². The Bertz CT molecular complexity index is 236. The van der Waals surface area contributed by atoms with Crippen molar-refractivity contribution >= 4 is 0 Å². The van der Waals surface area contributed by atoms with E-state index in [0.717, 1.165) is 5.56 Å². The van der Waals surface area contributed by atoms with E-state index in [9.17, 15) is 0 Å². The van der Waals surface area contributed by atoms with E-state index in [1.54, 1.807) is 6.08 Å². The zero-order chi connectivity index (χ0) is 8.81. The smallest absolute Gasteiger partial charge is 0.0721 e. The second-order valence-electron chi connectivity index (χ2n) is 2.62. The second-order valence-corrected chi connectivity index (χ2v) is 2.62. The van der Waals surface area contributed by atoms with Crippen LogP contribution in [0.1, 0.15) is 11.1 Å². The average molecular weight is 161 g/mol. The minimum atomic E-state index is 0.603. The Balaban J connectivity index is 2.42. The van der Waals surface area contributed by atoms with E-state index in [2.05, 4.69) is 13.5 Å². The highest BCUT2D eigenvalue weighted by Crippen LogP contribution is 2.03. The summed E-state index contributed by atoms with van der Waals surface area (Å²) in [6.07, 6.45) is 1.75. The lowest BCUT2D eigenvalue weighted by molar-refractivity contribution is 0.149. The van der Waals surface area contributed by atoms with Crippen molar-refractivity contribution in [2.24, 2.45) is 0 Å². The Kier molecular flexibility index (Phi) is 3.55. The first-order chi connectivity index (χ1) is 5.83. The highest BCUT2D eigenvalue weighted by Gasteiger charge is 1.90. The normalized spacial score (nSPS) is 9.75. The van der Waals surface area contributed by atoms with Crippen LogP contribution in [0.2, 0.25) is 0 Å². The summed E-state index contributed by atoms with van der Waals surface area (Å²) >= 11 is 0. The fourth-order valence-electron chi connectivity index (χ4n) is 0.896. The largest absolute Gasteiger partial charge is 0.373 e. The first kappa shape index (κ1) is 9.01. The molecule has 1 heteroatoms. The number of ether oxygens (including phenoxy) is 1. The maximum Gasteiger partial charge on any atom is 0.0721 e. The summed E-state index contributed by atoms with van der Waals surface area (Å²) in [5.74, 6) is 0. The van der Waals surface area contributed by atoms with Gasteiger partial charge in [-0.1, -0.05) is 30.3 Å². The van der Waals surface area contributed by atoms with Gasteiger partial charge in [0.15, 0.2) is 0 Å². The lowest BCUT2D eigenvalue weighted by Crippen LogP contribution is -1.91. The molecule has 12 heavy (non-hydrogen) atoms. The van der Waals surface area contributed by atoms with Gasteiger partial charge in [-0.25, -0.2) is 0 Å². The molecule has 0 atom stereocenters. The fourth-order valence-corrected chi connectivity index (χ4v) is 0.896. The molecule has 1 radical (unpaired) electrons. The highest BCUT2D eigenvalue weighted by atomic mass is 16.5. The molecule has 0 aromatic heterocycles. The van der Waals surface area contributed by atoms with Crippen LogP contribution in [-0.2, 0) is 11.3 Å². The molecule has 0 aliphatic rings. The SMILES string of the molecule is [CH2]c1ccc(COCC=C)cc1. The van der Waals surface area contributed by atoms with Crippen molar-refractivity contribution in [3.8, 4) is 0 Å². The molecule has 1 nitrogen and oxygen atoms in total. The third-order valence-corrected chi connectivity index (χ3v) is 1.53. The van der Waals surface area contributed by atoms with Gasteiger partial charge in [-0.05, 0) is 18.1 Å². The van der Waals surface area contributed by atoms with E-state index >= 15 is 0 Å². The topological polar surface area (TPSA) is 9.23 Å². The lowest BCUT2D eigenvalue weighted by Gasteiger charge is -2.01. The van der Waals surface area contributed by atoms with E-state index in [4.69, 9.17) is 4.74 Å². The molecule has 1 rings (SSSR count). The van der Waals surface area contributed by atoms with E-state index in [-0.39, 0.29) is 0 Å². The molecule has 63 valence electrons. The molecule has 1 aromatic carbocycles. The van der Waals surface area contributed by atoms with Crippen LogP contribution in [0.3, 0.4) is 0 Å². The molecule has 0 aliphatic carbocycles. The van der Waals surface area contributed by atoms with Crippen molar-refractivity contribution in [3.63, 3.8) is 0 Å². The van der Waals surface area contributed by atoms with Gasteiger partial charge >= 0.3 is 0 Å². The Morgan fingerprint density at radius 3 is 2.50 bits per heavy atom. The first-order valence-electron chi connectivity index (χ1n) is 3.92. The monoisotopic (exact) mass is 161 g/mol. The zero-order valence-electron chi connectivity index (χ0n) is 7.12. The van der Waals surface area contributed by atoms with Crippen LogP contribution < -0.4 is 0 Å². The van der Waals surface area contributed by atoms with Crippen LogP contribution in [0.25, 0.3) is 0 Å². The average Bonchev–Trinajstić information content (AvgIpc) is 2.09. The molecule has 0 bridgehead atoms. The van der Waals surface area contributed by atoms with Crippen LogP contribution in [-0.4, -0.2) is 6.61 Å². The predicted molar refractivity (Wildman–Crippen MR) is 50.8 cm³/mol. The van der Waals surface area contributed by atoms with Gasteiger partial charge in [-0.2, -0.15) is 0 Å². The summed E-state index contributed by atoms with van der Waals surface area (Å²) in [4.78, 5) is 0. The molecule has 0 saturated carbocycles.